The summed E-state index contributed by atoms with van der Waals surface area (Å²) in [6.07, 6.45) is 0. The van der Waals surface area contributed by atoms with Crippen LogP contribution in [0, 0.1) is 0 Å². The lowest BCUT2D eigenvalue weighted by molar-refractivity contribution is 0.0689. The summed E-state index contributed by atoms with van der Waals surface area (Å²) in [5, 5.41) is 8.80. The van der Waals surface area contributed by atoms with Crippen molar-refractivity contribution in [2.45, 2.75) is 0 Å². The van der Waals surface area contributed by atoms with Crippen molar-refractivity contribution >= 4 is 11.9 Å². The highest BCUT2D eigenvalue weighted by molar-refractivity contribution is 5.92. The van der Waals surface area contributed by atoms with Crippen molar-refractivity contribution in [2.24, 2.45) is 5.73 Å². The molecule has 19 heavy (non-hydrogen) atoms. The third-order valence-corrected chi connectivity index (χ3v) is 2.30. The van der Waals surface area contributed by atoms with Crippen LogP contribution in [0.5, 0.6) is 11.6 Å². The fraction of sp³-hybridized carbons (Fsp3) is 0. The predicted molar refractivity (Wildman–Crippen MR) is 66.2 cm³/mol. The number of aromatic nitrogens is 1. The molecule has 0 unspecified atom stereocenters. The topological polar surface area (TPSA) is 103 Å². The Morgan fingerprint density at radius 3 is 2.37 bits per heavy atom. The van der Waals surface area contributed by atoms with E-state index in [1.54, 1.807) is 12.1 Å². The number of hydrogen-bond donors (Lipinski definition) is 2. The summed E-state index contributed by atoms with van der Waals surface area (Å²) in [6, 6.07) is 10.6. The molecular formula is C13H10N2O4. The standard InChI is InChI=1S/C13H10N2O4/c14-12(16)8-4-6-9(7-5-8)19-11-3-1-2-10(15-11)13(17)18/h1-7H,(H2,14,16)(H,17,18). The predicted octanol–water partition coefficient (Wildman–Crippen LogP) is 1.67. The van der Waals surface area contributed by atoms with Gasteiger partial charge in [0.25, 0.3) is 0 Å². The minimum atomic E-state index is -1.13. The molecule has 96 valence electrons. The number of primary amides is 1. The minimum absolute atomic E-state index is 0.105. The molecule has 0 aliphatic heterocycles. The van der Waals surface area contributed by atoms with E-state index in [1.807, 2.05) is 0 Å². The largest absolute Gasteiger partial charge is 0.477 e. The molecule has 1 aromatic heterocycles. The maximum Gasteiger partial charge on any atom is 0.354 e. The van der Waals surface area contributed by atoms with Crippen LogP contribution in [-0.4, -0.2) is 22.0 Å². The van der Waals surface area contributed by atoms with Gasteiger partial charge in [-0.25, -0.2) is 9.78 Å². The quantitative estimate of drug-likeness (QED) is 0.868. The second-order valence-electron chi connectivity index (χ2n) is 3.66. The Morgan fingerprint density at radius 2 is 1.79 bits per heavy atom. The second kappa shape index (κ2) is 5.18. The van der Waals surface area contributed by atoms with Crippen LogP contribution in [0.25, 0.3) is 0 Å². The zero-order chi connectivity index (χ0) is 13.8. The lowest BCUT2D eigenvalue weighted by Gasteiger charge is -2.05. The number of pyridine rings is 1. The molecule has 6 heteroatoms. The van der Waals surface area contributed by atoms with Crippen LogP contribution >= 0.6 is 0 Å². The first-order chi connectivity index (χ1) is 9.06. The maximum absolute atomic E-state index is 10.9. The highest BCUT2D eigenvalue weighted by Crippen LogP contribution is 2.19. The average Bonchev–Trinajstić information content (AvgIpc) is 2.39. The van der Waals surface area contributed by atoms with Gasteiger partial charge in [0.15, 0.2) is 5.69 Å². The number of hydrogen-bond acceptors (Lipinski definition) is 4. The highest BCUT2D eigenvalue weighted by Gasteiger charge is 2.07. The summed E-state index contributed by atoms with van der Waals surface area (Å²) in [5.74, 6) is -1.07. The maximum atomic E-state index is 10.9. The summed E-state index contributed by atoms with van der Waals surface area (Å²) in [6.45, 7) is 0. The van der Waals surface area contributed by atoms with E-state index < -0.39 is 11.9 Å². The van der Waals surface area contributed by atoms with E-state index in [9.17, 15) is 9.59 Å². The third kappa shape index (κ3) is 3.06. The first-order valence-corrected chi connectivity index (χ1v) is 5.34. The molecule has 6 nitrogen and oxygen atoms in total. The van der Waals surface area contributed by atoms with Crippen molar-refractivity contribution in [3.05, 3.63) is 53.7 Å². The van der Waals surface area contributed by atoms with Gasteiger partial charge in [0.05, 0.1) is 0 Å². The van der Waals surface area contributed by atoms with Crippen molar-refractivity contribution in [3.63, 3.8) is 0 Å². The second-order valence-corrected chi connectivity index (χ2v) is 3.66. The Bertz CT molecular complexity index is 623. The zero-order valence-electron chi connectivity index (χ0n) is 9.74. The molecule has 1 amide bonds. The number of ether oxygens (including phenoxy) is 1. The monoisotopic (exact) mass is 258 g/mol. The van der Waals surface area contributed by atoms with Gasteiger partial charge in [-0.15, -0.1) is 0 Å². The Balaban J connectivity index is 2.19. The van der Waals surface area contributed by atoms with Gasteiger partial charge >= 0.3 is 5.97 Å². The van der Waals surface area contributed by atoms with Gasteiger partial charge in [-0.05, 0) is 30.3 Å². The van der Waals surface area contributed by atoms with Crippen LogP contribution in [0.2, 0.25) is 0 Å². The van der Waals surface area contributed by atoms with E-state index in [1.165, 1.54) is 30.3 Å². The number of carboxylic acid groups (broad SMARTS) is 1. The number of nitrogens with zero attached hydrogens (tertiary/aromatic N) is 1. The lowest BCUT2D eigenvalue weighted by Crippen LogP contribution is -2.10. The molecular weight excluding hydrogens is 248 g/mol. The van der Waals surface area contributed by atoms with Gasteiger partial charge in [-0.2, -0.15) is 0 Å². The normalized spacial score (nSPS) is 9.89. The molecule has 3 N–H and O–H groups in total. The van der Waals surface area contributed by atoms with Gasteiger partial charge in [0.2, 0.25) is 11.8 Å². The molecule has 0 aliphatic rings. The van der Waals surface area contributed by atoms with Gasteiger partial charge in [0, 0.05) is 11.6 Å². The van der Waals surface area contributed by atoms with Gasteiger partial charge in [0.1, 0.15) is 5.75 Å². The number of benzene rings is 1. The molecule has 0 atom stereocenters. The number of carbonyl (C=O) groups excluding carboxylic acids is 1. The van der Waals surface area contributed by atoms with Crippen LogP contribution in [0.3, 0.4) is 0 Å². The molecule has 1 heterocycles. The molecule has 0 saturated heterocycles. The number of aromatic carboxylic acids is 1. The van der Waals surface area contributed by atoms with E-state index >= 15 is 0 Å². The SMILES string of the molecule is NC(=O)c1ccc(Oc2cccc(C(=O)O)n2)cc1. The fourth-order valence-electron chi connectivity index (χ4n) is 1.40. The summed E-state index contributed by atoms with van der Waals surface area (Å²) in [5.41, 5.74) is 5.37. The first kappa shape index (κ1) is 12.6. The first-order valence-electron chi connectivity index (χ1n) is 5.34. The Kier molecular flexibility index (Phi) is 3.42. The molecule has 1 aromatic carbocycles. The summed E-state index contributed by atoms with van der Waals surface area (Å²) < 4.78 is 5.38. The van der Waals surface area contributed by atoms with E-state index in [2.05, 4.69) is 4.98 Å². The zero-order valence-corrected chi connectivity index (χ0v) is 9.74. The fourth-order valence-corrected chi connectivity index (χ4v) is 1.40. The molecule has 0 radical (unpaired) electrons. The third-order valence-electron chi connectivity index (χ3n) is 2.30. The van der Waals surface area contributed by atoms with E-state index in [0.29, 0.717) is 11.3 Å². The van der Waals surface area contributed by atoms with E-state index in [-0.39, 0.29) is 11.6 Å². The number of nitrogens with two attached hydrogens (primary N) is 1. The van der Waals surface area contributed by atoms with Gasteiger partial charge < -0.3 is 15.6 Å². The van der Waals surface area contributed by atoms with Crippen LogP contribution in [0.1, 0.15) is 20.8 Å². The molecule has 0 bridgehead atoms. The summed E-state index contributed by atoms with van der Waals surface area (Å²) in [4.78, 5) is 25.5. The van der Waals surface area contributed by atoms with Crippen molar-refractivity contribution in [2.75, 3.05) is 0 Å². The van der Waals surface area contributed by atoms with Gasteiger partial charge in [-0.3, -0.25) is 4.79 Å². The smallest absolute Gasteiger partial charge is 0.354 e. The van der Waals surface area contributed by atoms with Crippen LogP contribution < -0.4 is 10.5 Å². The Morgan fingerprint density at radius 1 is 1.11 bits per heavy atom. The van der Waals surface area contributed by atoms with Crippen LogP contribution in [-0.2, 0) is 0 Å². The van der Waals surface area contributed by atoms with Crippen LogP contribution in [0.15, 0.2) is 42.5 Å². The number of amides is 1. The Labute approximate surface area is 108 Å². The molecule has 0 aliphatic carbocycles. The van der Waals surface area contributed by atoms with Crippen molar-refractivity contribution in [1.29, 1.82) is 0 Å². The molecule has 2 rings (SSSR count). The number of carboxylic acids is 1. The molecule has 0 spiro atoms. The van der Waals surface area contributed by atoms with Crippen LogP contribution in [0.4, 0.5) is 0 Å². The summed E-state index contributed by atoms with van der Waals surface area (Å²) in [7, 11) is 0. The Hall–Kier alpha value is -2.89. The van der Waals surface area contributed by atoms with Crippen molar-refractivity contribution in [3.8, 4) is 11.6 Å². The van der Waals surface area contributed by atoms with Crippen molar-refractivity contribution in [1.82, 2.24) is 4.98 Å². The summed E-state index contributed by atoms with van der Waals surface area (Å²) >= 11 is 0. The molecule has 0 fully saturated rings. The highest BCUT2D eigenvalue weighted by atomic mass is 16.5. The minimum Gasteiger partial charge on any atom is -0.477 e. The van der Waals surface area contributed by atoms with Gasteiger partial charge in [-0.1, -0.05) is 6.07 Å². The van der Waals surface area contributed by atoms with E-state index in [4.69, 9.17) is 15.6 Å². The van der Waals surface area contributed by atoms with Crippen molar-refractivity contribution < 1.29 is 19.4 Å². The molecule has 2 aromatic rings. The number of carbonyl (C=O) groups is 2. The average molecular weight is 258 g/mol. The number of rotatable bonds is 4. The lowest BCUT2D eigenvalue weighted by atomic mass is 10.2. The molecule has 0 saturated carbocycles. The van der Waals surface area contributed by atoms with E-state index in [0.717, 1.165) is 0 Å².